The monoisotopic (exact) mass is 414 g/mol. The van der Waals surface area contributed by atoms with Gasteiger partial charge in [-0.1, -0.05) is 0 Å². The first-order valence-corrected chi connectivity index (χ1v) is 10.3. The number of rotatable bonds is 4. The number of nitrogens with zero attached hydrogens (tertiary/aromatic N) is 8. The minimum atomic E-state index is -0.304. The van der Waals surface area contributed by atoms with Crippen LogP contribution in [0.5, 0.6) is 0 Å². The van der Waals surface area contributed by atoms with Gasteiger partial charge in [-0.2, -0.15) is 5.10 Å². The minimum Gasteiger partial charge on any atom is -0.450 e. The molecule has 2 aliphatic heterocycles. The third-order valence-corrected chi connectivity index (χ3v) is 5.50. The lowest BCUT2D eigenvalue weighted by Gasteiger charge is -2.38. The van der Waals surface area contributed by atoms with Crippen LogP contribution < -0.4 is 4.90 Å². The van der Waals surface area contributed by atoms with E-state index in [4.69, 9.17) is 4.74 Å². The average molecular weight is 414 g/mol. The van der Waals surface area contributed by atoms with Gasteiger partial charge >= 0.3 is 6.09 Å². The van der Waals surface area contributed by atoms with Gasteiger partial charge in [0.05, 0.1) is 12.5 Å². The summed E-state index contributed by atoms with van der Waals surface area (Å²) in [5.41, 5.74) is 0. The summed E-state index contributed by atoms with van der Waals surface area (Å²) in [6.45, 7) is 5.72. The summed E-state index contributed by atoms with van der Waals surface area (Å²) >= 11 is 0. The first-order chi connectivity index (χ1) is 14.7. The Hall–Kier alpha value is -3.24. The number of amides is 2. The molecule has 0 radical (unpaired) electrons. The quantitative estimate of drug-likeness (QED) is 0.714. The van der Waals surface area contributed by atoms with Gasteiger partial charge in [0.2, 0.25) is 5.91 Å². The Morgan fingerprint density at radius 3 is 2.47 bits per heavy atom. The van der Waals surface area contributed by atoms with E-state index < -0.39 is 0 Å². The number of carbonyl (C=O) groups excluding carboxylic acids is 2. The SMILES string of the molecule is CCOC(=O)N1CCN(C(=O)C2CCCN(c3ccc(-n4cncn4)nn3)C2)CC1. The van der Waals surface area contributed by atoms with Crippen LogP contribution in [0.1, 0.15) is 19.8 Å². The van der Waals surface area contributed by atoms with E-state index in [0.29, 0.717) is 45.1 Å². The second-order valence-corrected chi connectivity index (χ2v) is 7.39. The van der Waals surface area contributed by atoms with Crippen molar-refractivity contribution in [2.24, 2.45) is 5.92 Å². The fourth-order valence-electron chi connectivity index (χ4n) is 3.90. The number of piperazine rings is 1. The first-order valence-electron chi connectivity index (χ1n) is 10.3. The Morgan fingerprint density at radius 1 is 1.07 bits per heavy atom. The molecule has 160 valence electrons. The second-order valence-electron chi connectivity index (χ2n) is 7.39. The molecule has 30 heavy (non-hydrogen) atoms. The number of anilines is 1. The van der Waals surface area contributed by atoms with Crippen LogP contribution in [0, 0.1) is 5.92 Å². The molecule has 0 saturated carbocycles. The van der Waals surface area contributed by atoms with Crippen molar-refractivity contribution in [3.63, 3.8) is 0 Å². The van der Waals surface area contributed by atoms with E-state index in [9.17, 15) is 9.59 Å². The zero-order chi connectivity index (χ0) is 20.9. The van der Waals surface area contributed by atoms with Crippen LogP contribution in [-0.2, 0) is 9.53 Å². The van der Waals surface area contributed by atoms with E-state index in [2.05, 4.69) is 25.2 Å². The number of hydrogen-bond donors (Lipinski definition) is 0. The Balaban J connectivity index is 1.34. The van der Waals surface area contributed by atoms with E-state index in [0.717, 1.165) is 25.2 Å². The second kappa shape index (κ2) is 9.06. The molecule has 0 bridgehead atoms. The molecule has 2 aromatic heterocycles. The van der Waals surface area contributed by atoms with Crippen LogP contribution in [0.3, 0.4) is 0 Å². The fraction of sp³-hybridized carbons (Fsp3) is 0.579. The Bertz CT molecular complexity index is 849. The molecule has 11 nitrogen and oxygen atoms in total. The van der Waals surface area contributed by atoms with Crippen molar-refractivity contribution >= 4 is 17.8 Å². The Morgan fingerprint density at radius 2 is 1.80 bits per heavy atom. The smallest absolute Gasteiger partial charge is 0.409 e. The van der Waals surface area contributed by atoms with Crippen LogP contribution >= 0.6 is 0 Å². The molecule has 2 amide bonds. The van der Waals surface area contributed by atoms with Crippen molar-refractivity contribution < 1.29 is 14.3 Å². The zero-order valence-corrected chi connectivity index (χ0v) is 17.1. The van der Waals surface area contributed by atoms with Crippen LogP contribution in [0.2, 0.25) is 0 Å². The molecular weight excluding hydrogens is 388 g/mol. The van der Waals surface area contributed by atoms with Crippen molar-refractivity contribution in [1.29, 1.82) is 0 Å². The van der Waals surface area contributed by atoms with Crippen molar-refractivity contribution in [3.05, 3.63) is 24.8 Å². The molecule has 4 heterocycles. The molecule has 4 rings (SSSR count). The normalized spacial score (nSPS) is 19.6. The minimum absolute atomic E-state index is 0.0790. The molecule has 0 aromatic carbocycles. The number of hydrogen-bond acceptors (Lipinski definition) is 8. The Labute approximate surface area is 174 Å². The van der Waals surface area contributed by atoms with E-state index in [1.165, 1.54) is 6.33 Å². The lowest BCUT2D eigenvalue weighted by atomic mass is 9.96. The molecule has 1 unspecified atom stereocenters. The lowest BCUT2D eigenvalue weighted by Crippen LogP contribution is -2.53. The fourth-order valence-corrected chi connectivity index (χ4v) is 3.90. The molecular formula is C19H26N8O3. The van der Waals surface area contributed by atoms with E-state index in [1.54, 1.807) is 22.8 Å². The highest BCUT2D eigenvalue weighted by molar-refractivity contribution is 5.80. The largest absolute Gasteiger partial charge is 0.450 e. The summed E-state index contributed by atoms with van der Waals surface area (Å²) in [5.74, 6) is 1.42. The van der Waals surface area contributed by atoms with Gasteiger partial charge in [0.15, 0.2) is 11.6 Å². The van der Waals surface area contributed by atoms with Crippen molar-refractivity contribution in [2.75, 3.05) is 50.8 Å². The molecule has 11 heteroatoms. The highest BCUT2D eigenvalue weighted by Gasteiger charge is 2.32. The highest BCUT2D eigenvalue weighted by atomic mass is 16.6. The summed E-state index contributed by atoms with van der Waals surface area (Å²) in [5, 5.41) is 12.6. The van der Waals surface area contributed by atoms with Crippen molar-refractivity contribution in [3.8, 4) is 5.82 Å². The van der Waals surface area contributed by atoms with Gasteiger partial charge in [0.1, 0.15) is 12.7 Å². The van der Waals surface area contributed by atoms with E-state index in [-0.39, 0.29) is 17.9 Å². The molecule has 0 N–H and O–H groups in total. The van der Waals surface area contributed by atoms with Gasteiger partial charge in [-0.25, -0.2) is 14.5 Å². The molecule has 0 spiro atoms. The molecule has 2 saturated heterocycles. The number of aromatic nitrogens is 5. The maximum Gasteiger partial charge on any atom is 0.409 e. The van der Waals surface area contributed by atoms with Gasteiger partial charge in [0, 0.05) is 39.3 Å². The summed E-state index contributed by atoms with van der Waals surface area (Å²) in [6, 6.07) is 3.74. The summed E-state index contributed by atoms with van der Waals surface area (Å²) in [6.07, 6.45) is 4.49. The van der Waals surface area contributed by atoms with E-state index in [1.807, 2.05) is 17.0 Å². The standard InChI is InChI=1S/C19H26N8O3/c1-2-30-19(29)25-10-8-24(9-11-25)18(28)15-4-3-7-26(12-15)16-5-6-17(23-22-16)27-14-20-13-21-27/h5-6,13-15H,2-4,7-12H2,1H3. The zero-order valence-electron chi connectivity index (χ0n) is 17.1. The molecule has 0 aliphatic carbocycles. The maximum atomic E-state index is 13.1. The third-order valence-electron chi connectivity index (χ3n) is 5.50. The van der Waals surface area contributed by atoms with Gasteiger partial charge in [-0.3, -0.25) is 4.79 Å². The molecule has 2 fully saturated rings. The van der Waals surface area contributed by atoms with E-state index >= 15 is 0 Å². The predicted octanol–water partition coefficient (Wildman–Crippen LogP) is 0.574. The Kier molecular flexibility index (Phi) is 6.05. The summed E-state index contributed by atoms with van der Waals surface area (Å²) in [7, 11) is 0. The number of ether oxygens (including phenoxy) is 1. The summed E-state index contributed by atoms with van der Waals surface area (Å²) < 4.78 is 6.59. The summed E-state index contributed by atoms with van der Waals surface area (Å²) in [4.78, 5) is 34.4. The van der Waals surface area contributed by atoms with Crippen LogP contribution in [-0.4, -0.2) is 92.6 Å². The predicted molar refractivity (Wildman–Crippen MR) is 107 cm³/mol. The van der Waals surface area contributed by atoms with Crippen LogP contribution in [0.4, 0.5) is 10.6 Å². The number of carbonyl (C=O) groups is 2. The molecule has 2 aromatic rings. The average Bonchev–Trinajstić information content (AvgIpc) is 3.34. The van der Waals surface area contributed by atoms with Gasteiger partial charge in [-0.15, -0.1) is 10.2 Å². The topological polar surface area (TPSA) is 110 Å². The van der Waals surface area contributed by atoms with Crippen molar-refractivity contribution in [2.45, 2.75) is 19.8 Å². The first kappa shape index (κ1) is 20.0. The van der Waals surface area contributed by atoms with Gasteiger partial charge in [0.25, 0.3) is 0 Å². The van der Waals surface area contributed by atoms with Crippen LogP contribution in [0.15, 0.2) is 24.8 Å². The third kappa shape index (κ3) is 4.34. The van der Waals surface area contributed by atoms with Crippen LogP contribution in [0.25, 0.3) is 5.82 Å². The maximum absolute atomic E-state index is 13.1. The highest BCUT2D eigenvalue weighted by Crippen LogP contribution is 2.23. The lowest BCUT2D eigenvalue weighted by molar-refractivity contribution is -0.137. The van der Waals surface area contributed by atoms with Gasteiger partial charge in [-0.05, 0) is 31.9 Å². The number of piperidine rings is 1. The van der Waals surface area contributed by atoms with Crippen molar-refractivity contribution in [1.82, 2.24) is 34.8 Å². The molecule has 1 atom stereocenters. The van der Waals surface area contributed by atoms with Gasteiger partial charge < -0.3 is 19.4 Å². The molecule has 2 aliphatic rings.